The fourth-order valence-electron chi connectivity index (χ4n) is 2.08. The van der Waals surface area contributed by atoms with Crippen LogP contribution >= 0.6 is 0 Å². The Balaban J connectivity index is 1.67. The highest BCUT2D eigenvalue weighted by Gasteiger charge is 2.07. The average molecular weight is 332 g/mol. The van der Waals surface area contributed by atoms with Crippen LogP contribution in [0.15, 0.2) is 48.5 Å². The number of carbonyl (C=O) groups excluding carboxylic acids is 2. The van der Waals surface area contributed by atoms with Gasteiger partial charge in [0.15, 0.2) is 11.6 Å². The first kappa shape index (κ1) is 17.6. The van der Waals surface area contributed by atoms with Crippen molar-refractivity contribution in [2.24, 2.45) is 0 Å². The Morgan fingerprint density at radius 3 is 2.29 bits per heavy atom. The fourth-order valence-corrected chi connectivity index (χ4v) is 2.08. The number of aryl methyl sites for hydroxylation is 1. The fraction of sp³-hybridized carbons (Fsp3) is 0.222. The highest BCUT2D eigenvalue weighted by atomic mass is 19.2. The predicted molar refractivity (Wildman–Crippen MR) is 86.0 cm³/mol. The van der Waals surface area contributed by atoms with Crippen LogP contribution in [-0.2, 0) is 22.6 Å². The molecule has 0 heterocycles. The van der Waals surface area contributed by atoms with Gasteiger partial charge in [0.25, 0.3) is 0 Å². The van der Waals surface area contributed by atoms with Crippen LogP contribution in [-0.4, -0.2) is 18.4 Å². The summed E-state index contributed by atoms with van der Waals surface area (Å²) in [6.07, 6.45) is 0.367. The summed E-state index contributed by atoms with van der Waals surface area (Å²) in [7, 11) is 0. The maximum Gasteiger partial charge on any atom is 0.239 e. The minimum atomic E-state index is -0.937. The molecule has 0 saturated carbocycles. The molecule has 6 heteroatoms. The van der Waals surface area contributed by atoms with Crippen molar-refractivity contribution in [3.05, 3.63) is 71.3 Å². The van der Waals surface area contributed by atoms with Crippen molar-refractivity contribution in [2.75, 3.05) is 6.54 Å². The molecule has 0 fully saturated rings. The summed E-state index contributed by atoms with van der Waals surface area (Å²) in [6, 6.07) is 12.9. The van der Waals surface area contributed by atoms with Crippen LogP contribution in [0.2, 0.25) is 0 Å². The molecule has 0 aliphatic carbocycles. The van der Waals surface area contributed by atoms with Crippen LogP contribution < -0.4 is 10.6 Å². The first-order valence-electron chi connectivity index (χ1n) is 7.56. The summed E-state index contributed by atoms with van der Waals surface area (Å²) in [5, 5.41) is 5.19. The van der Waals surface area contributed by atoms with E-state index in [-0.39, 0.29) is 31.2 Å². The van der Waals surface area contributed by atoms with E-state index in [2.05, 4.69) is 10.6 Å². The number of benzene rings is 2. The summed E-state index contributed by atoms with van der Waals surface area (Å²) in [6.45, 7) is 0.272. The molecule has 0 aromatic heterocycles. The van der Waals surface area contributed by atoms with E-state index in [1.807, 2.05) is 30.3 Å². The molecule has 2 aromatic rings. The van der Waals surface area contributed by atoms with Crippen LogP contribution in [0.25, 0.3) is 0 Å². The summed E-state index contributed by atoms with van der Waals surface area (Å²) in [4.78, 5) is 23.3. The van der Waals surface area contributed by atoms with Gasteiger partial charge in [-0.05, 0) is 29.7 Å². The normalized spacial score (nSPS) is 10.2. The Labute approximate surface area is 138 Å². The SMILES string of the molecule is O=C(CCc1ccc(F)c(F)c1)NCC(=O)NCc1ccccc1. The maximum absolute atomic E-state index is 13.1. The zero-order valence-electron chi connectivity index (χ0n) is 13.0. The Kier molecular flexibility index (Phi) is 6.42. The molecule has 4 nitrogen and oxygen atoms in total. The van der Waals surface area contributed by atoms with Crippen molar-refractivity contribution in [3.63, 3.8) is 0 Å². The Bertz CT molecular complexity index is 705. The van der Waals surface area contributed by atoms with Crippen LogP contribution in [0.3, 0.4) is 0 Å². The van der Waals surface area contributed by atoms with E-state index in [0.29, 0.717) is 12.1 Å². The molecule has 0 radical (unpaired) electrons. The van der Waals surface area contributed by atoms with E-state index in [1.165, 1.54) is 6.07 Å². The van der Waals surface area contributed by atoms with Gasteiger partial charge >= 0.3 is 0 Å². The largest absolute Gasteiger partial charge is 0.350 e. The smallest absolute Gasteiger partial charge is 0.239 e. The van der Waals surface area contributed by atoms with Crippen molar-refractivity contribution in [1.82, 2.24) is 10.6 Å². The van der Waals surface area contributed by atoms with Gasteiger partial charge in [-0.1, -0.05) is 36.4 Å². The van der Waals surface area contributed by atoms with Crippen LogP contribution in [0.5, 0.6) is 0 Å². The second-order valence-electron chi connectivity index (χ2n) is 5.29. The first-order valence-corrected chi connectivity index (χ1v) is 7.56. The number of rotatable bonds is 7. The summed E-state index contributed by atoms with van der Waals surface area (Å²) in [5.41, 5.74) is 1.49. The van der Waals surface area contributed by atoms with Gasteiger partial charge in [0.2, 0.25) is 11.8 Å². The van der Waals surface area contributed by atoms with E-state index < -0.39 is 11.6 Å². The second-order valence-corrected chi connectivity index (χ2v) is 5.29. The molecule has 2 rings (SSSR count). The minimum absolute atomic E-state index is 0.0943. The third-order valence-electron chi connectivity index (χ3n) is 3.40. The second kappa shape index (κ2) is 8.76. The van der Waals surface area contributed by atoms with E-state index in [4.69, 9.17) is 0 Å². The molecule has 0 bridgehead atoms. The average Bonchev–Trinajstić information content (AvgIpc) is 2.60. The van der Waals surface area contributed by atoms with Crippen molar-refractivity contribution in [3.8, 4) is 0 Å². The van der Waals surface area contributed by atoms with Gasteiger partial charge in [-0.25, -0.2) is 8.78 Å². The van der Waals surface area contributed by atoms with Crippen LogP contribution in [0.4, 0.5) is 8.78 Å². The van der Waals surface area contributed by atoms with Gasteiger partial charge in [-0.15, -0.1) is 0 Å². The number of amides is 2. The van der Waals surface area contributed by atoms with E-state index in [0.717, 1.165) is 17.7 Å². The van der Waals surface area contributed by atoms with Crippen molar-refractivity contribution in [1.29, 1.82) is 0 Å². The summed E-state index contributed by atoms with van der Waals surface area (Å²) >= 11 is 0. The van der Waals surface area contributed by atoms with Gasteiger partial charge in [0, 0.05) is 13.0 Å². The van der Waals surface area contributed by atoms with Crippen molar-refractivity contribution >= 4 is 11.8 Å². The van der Waals surface area contributed by atoms with Gasteiger partial charge in [0.05, 0.1) is 6.54 Å². The molecule has 0 atom stereocenters. The molecule has 126 valence electrons. The molecule has 0 spiro atoms. The number of hydrogen-bond acceptors (Lipinski definition) is 2. The lowest BCUT2D eigenvalue weighted by Crippen LogP contribution is -2.36. The molecular formula is C18H18F2N2O2. The Morgan fingerprint density at radius 2 is 1.58 bits per heavy atom. The zero-order chi connectivity index (χ0) is 17.4. The molecule has 2 aromatic carbocycles. The van der Waals surface area contributed by atoms with E-state index in [1.54, 1.807) is 0 Å². The predicted octanol–water partition coefficient (Wildman–Crippen LogP) is 2.33. The lowest BCUT2D eigenvalue weighted by molar-refractivity contribution is -0.126. The highest BCUT2D eigenvalue weighted by Crippen LogP contribution is 2.10. The number of hydrogen-bond donors (Lipinski definition) is 2. The third-order valence-corrected chi connectivity index (χ3v) is 3.40. The molecule has 0 aliphatic heterocycles. The zero-order valence-corrected chi connectivity index (χ0v) is 13.0. The topological polar surface area (TPSA) is 58.2 Å². The molecule has 24 heavy (non-hydrogen) atoms. The molecule has 2 N–H and O–H groups in total. The maximum atomic E-state index is 13.1. The molecule has 0 unspecified atom stereocenters. The molecule has 0 saturated heterocycles. The van der Waals surface area contributed by atoms with Crippen molar-refractivity contribution < 1.29 is 18.4 Å². The van der Waals surface area contributed by atoms with Gasteiger partial charge < -0.3 is 10.6 Å². The summed E-state index contributed by atoms with van der Waals surface area (Å²) < 4.78 is 25.9. The minimum Gasteiger partial charge on any atom is -0.350 e. The quantitative estimate of drug-likeness (QED) is 0.818. The van der Waals surface area contributed by atoms with E-state index in [9.17, 15) is 18.4 Å². The third kappa shape index (κ3) is 5.79. The van der Waals surface area contributed by atoms with Crippen LogP contribution in [0.1, 0.15) is 17.5 Å². The van der Waals surface area contributed by atoms with Gasteiger partial charge in [-0.3, -0.25) is 9.59 Å². The van der Waals surface area contributed by atoms with Gasteiger partial charge in [0.1, 0.15) is 0 Å². The lowest BCUT2D eigenvalue weighted by atomic mass is 10.1. The first-order chi connectivity index (χ1) is 11.5. The lowest BCUT2D eigenvalue weighted by Gasteiger charge is -2.07. The standard InChI is InChI=1S/C18H18F2N2O2/c19-15-8-6-13(10-16(15)20)7-9-17(23)22-12-18(24)21-11-14-4-2-1-3-5-14/h1-6,8,10H,7,9,11-12H2,(H,21,24)(H,22,23). The summed E-state index contributed by atoms with van der Waals surface area (Å²) in [5.74, 6) is -2.47. The monoisotopic (exact) mass is 332 g/mol. The molecular weight excluding hydrogens is 314 g/mol. The number of halogens is 2. The highest BCUT2D eigenvalue weighted by molar-refractivity contribution is 5.84. The molecule has 0 aliphatic rings. The Morgan fingerprint density at radius 1 is 0.833 bits per heavy atom. The number of nitrogens with one attached hydrogen (secondary N) is 2. The van der Waals surface area contributed by atoms with Crippen LogP contribution in [0, 0.1) is 11.6 Å². The van der Waals surface area contributed by atoms with Gasteiger partial charge in [-0.2, -0.15) is 0 Å². The number of carbonyl (C=O) groups is 2. The Hall–Kier alpha value is -2.76. The van der Waals surface area contributed by atoms with Crippen molar-refractivity contribution in [2.45, 2.75) is 19.4 Å². The van der Waals surface area contributed by atoms with E-state index >= 15 is 0 Å². The molecule has 2 amide bonds.